The molecule has 0 saturated heterocycles. The molecule has 2 aliphatic rings. The van der Waals surface area contributed by atoms with E-state index in [4.69, 9.17) is 4.42 Å². The van der Waals surface area contributed by atoms with Crippen LogP contribution < -0.4 is 4.57 Å². The number of fused-ring (bicyclic) bond motifs is 3. The summed E-state index contributed by atoms with van der Waals surface area (Å²) < 4.78 is 106. The molecule has 2 atom stereocenters. The van der Waals surface area contributed by atoms with Gasteiger partial charge in [0.1, 0.15) is 51.5 Å². The van der Waals surface area contributed by atoms with Gasteiger partial charge in [-0.3, -0.25) is 0 Å². The first-order chi connectivity index (χ1) is 34.1. The molecule has 0 saturated carbocycles. The van der Waals surface area contributed by atoms with Gasteiger partial charge >= 0.3 is 5.22 Å². The number of nitrogens with zero attached hydrogens (tertiary/aromatic N) is 3. The highest BCUT2D eigenvalue weighted by molar-refractivity contribution is 7.98. The zero-order valence-electron chi connectivity index (χ0n) is 43.2. The molecule has 73 heavy (non-hydrogen) atoms. The predicted octanol–water partition coefficient (Wildman–Crippen LogP) is 10.6. The van der Waals surface area contributed by atoms with E-state index in [1.807, 2.05) is 52.3 Å². The Morgan fingerprint density at radius 3 is 1.11 bits per heavy atom. The monoisotopic (exact) mass is 1070 g/mol. The Morgan fingerprint density at radius 1 is 0.479 bits per heavy atom. The number of para-hydroxylation sites is 4. The zero-order chi connectivity index (χ0) is 54.1. The van der Waals surface area contributed by atoms with E-state index < -0.39 is 30.4 Å². The van der Waals surface area contributed by atoms with E-state index in [9.17, 15) is 38.9 Å². The highest BCUT2D eigenvalue weighted by Crippen LogP contribution is 2.45. The molecule has 13 nitrogen and oxygen atoms in total. The first-order valence-corrected chi connectivity index (χ1v) is 28.9. The van der Waals surface area contributed by atoms with Crippen LogP contribution in [0, 0.1) is 20.8 Å². The lowest BCUT2D eigenvalue weighted by molar-refractivity contribution is -0.692. The van der Waals surface area contributed by atoms with Crippen LogP contribution in [0.15, 0.2) is 170 Å². The summed E-state index contributed by atoms with van der Waals surface area (Å²) in [5, 5.41) is 0.941. The summed E-state index contributed by atoms with van der Waals surface area (Å²) in [5.41, 5.74) is 13.9. The summed E-state index contributed by atoms with van der Waals surface area (Å²) in [5.74, 6) is 0. The van der Waals surface area contributed by atoms with Gasteiger partial charge in [-0.2, -0.15) is 4.57 Å². The van der Waals surface area contributed by atoms with Crippen LogP contribution in [0.2, 0.25) is 0 Å². The summed E-state index contributed by atoms with van der Waals surface area (Å²) in [6, 6.07) is 43.2. The Kier molecular flexibility index (Phi) is 19.1. The molecule has 388 valence electrons. The first-order valence-electron chi connectivity index (χ1n) is 23.5. The van der Waals surface area contributed by atoms with Gasteiger partial charge in [0.25, 0.3) is 5.52 Å². The average molecular weight is 1070 g/mol. The lowest BCUT2D eigenvalue weighted by atomic mass is 9.73. The van der Waals surface area contributed by atoms with Crippen molar-refractivity contribution in [3.63, 3.8) is 0 Å². The van der Waals surface area contributed by atoms with Gasteiger partial charge in [-0.15, -0.1) is 0 Å². The molecule has 6 aromatic carbocycles. The molecule has 0 radical (unpaired) electrons. The van der Waals surface area contributed by atoms with Crippen molar-refractivity contribution >= 4 is 76.0 Å². The van der Waals surface area contributed by atoms with Crippen molar-refractivity contribution in [1.82, 2.24) is 0 Å². The third kappa shape index (κ3) is 14.3. The number of thioether (sulfide) groups is 1. The van der Waals surface area contributed by atoms with Crippen LogP contribution in [0.3, 0.4) is 0 Å². The maximum absolute atomic E-state index is 10.4. The van der Waals surface area contributed by atoms with E-state index in [0.717, 1.165) is 33.0 Å². The van der Waals surface area contributed by atoms with E-state index in [-0.39, 0.29) is 25.5 Å². The van der Waals surface area contributed by atoms with Gasteiger partial charge in [0.15, 0.2) is 11.4 Å². The van der Waals surface area contributed by atoms with Crippen molar-refractivity contribution in [2.45, 2.75) is 105 Å². The number of aryl methyl sites for hydroxylation is 4. The summed E-state index contributed by atoms with van der Waals surface area (Å²) in [7, 11) is -6.37. The van der Waals surface area contributed by atoms with E-state index in [2.05, 4.69) is 110 Å². The minimum absolute atomic E-state index is 0.162. The lowest BCUT2D eigenvalue weighted by Gasteiger charge is -2.25. The second-order valence-electron chi connectivity index (χ2n) is 18.6. The standard InChI is InChI=1S/C26H34N2.C9H10NOS.3C7H8O3S/c1-19-25(3,21-13-7-9-15-23(21)27(19)5)17-11-12-18-26(4)20(2)28(6)24-16-10-8-14-22(24)26;1-10-7-5-3-4-6-8(7)11-9(10)12-2;3*1-6-2-4-7(5-3-6)11(8,9)10/h7-10,13-16H,11-12,17-18H2,1-6H3;3-6H,1-2H3;3*2-5H,1H3,(H,8,9,10)/q+2;+1;;;/p-3. The van der Waals surface area contributed by atoms with Gasteiger partial charge in [-0.1, -0.05) is 114 Å². The van der Waals surface area contributed by atoms with Gasteiger partial charge < -0.3 is 18.1 Å². The van der Waals surface area contributed by atoms with Crippen molar-refractivity contribution < 1.29 is 57.0 Å². The molecule has 0 bridgehead atoms. The minimum Gasteiger partial charge on any atom is -0.744 e. The summed E-state index contributed by atoms with van der Waals surface area (Å²) >= 11 is 1.62. The van der Waals surface area contributed by atoms with Gasteiger partial charge in [0.05, 0.1) is 25.5 Å². The number of rotatable bonds is 9. The molecule has 1 aromatic heterocycles. The maximum atomic E-state index is 10.4. The van der Waals surface area contributed by atoms with E-state index in [0.29, 0.717) is 0 Å². The number of unbranched alkanes of at least 4 members (excludes halogenated alkanes) is 1. The van der Waals surface area contributed by atoms with E-state index in [1.165, 1.54) is 96.0 Å². The Labute approximate surface area is 436 Å². The Morgan fingerprint density at radius 2 is 0.795 bits per heavy atom. The molecule has 0 aliphatic carbocycles. The Hall–Kier alpha value is -5.79. The molecule has 0 amide bonds. The van der Waals surface area contributed by atoms with Crippen LogP contribution in [0.4, 0.5) is 11.4 Å². The molecule has 0 fully saturated rings. The first kappa shape index (κ1) is 58.1. The van der Waals surface area contributed by atoms with Crippen molar-refractivity contribution in [1.29, 1.82) is 0 Å². The fraction of sp³-hybridized carbons (Fsp3) is 0.304. The van der Waals surface area contributed by atoms with Crippen LogP contribution in [-0.4, -0.2) is 79.8 Å². The SMILES string of the molecule is CC1=[N+](C)c2ccccc2C1(C)CCCCC1(C)C(C)=[N+](C)c2ccccc21.CSc1oc2ccccc2[n+]1C.Cc1ccc(S(=O)(=O)[O-])cc1.Cc1ccc(S(=O)(=O)[O-])cc1.Cc1ccc(S(=O)(=O)[O-])cc1. The van der Waals surface area contributed by atoms with Crippen molar-refractivity contribution in [2.24, 2.45) is 7.05 Å². The number of benzene rings is 6. The van der Waals surface area contributed by atoms with E-state index >= 15 is 0 Å². The summed E-state index contributed by atoms with van der Waals surface area (Å²) in [6.45, 7) is 14.9. The molecule has 9 rings (SSSR count). The normalized spacial score (nSPS) is 17.0. The quantitative estimate of drug-likeness (QED) is 0.0578. The van der Waals surface area contributed by atoms with Crippen LogP contribution in [0.5, 0.6) is 0 Å². The van der Waals surface area contributed by atoms with Crippen molar-refractivity contribution in [3.05, 3.63) is 173 Å². The number of hydrogen-bond donors (Lipinski definition) is 0. The maximum Gasteiger partial charge on any atom is 0.411 e. The number of hydrogen-bond acceptors (Lipinski definition) is 11. The summed E-state index contributed by atoms with van der Waals surface area (Å²) in [4.78, 5) is -0.533. The minimum atomic E-state index is -4.27. The van der Waals surface area contributed by atoms with Gasteiger partial charge in [0.2, 0.25) is 17.0 Å². The van der Waals surface area contributed by atoms with Crippen LogP contribution >= 0.6 is 11.8 Å². The van der Waals surface area contributed by atoms with Crippen molar-refractivity contribution in [3.8, 4) is 0 Å². The third-order valence-corrected chi connectivity index (χ3v) is 17.0. The molecule has 2 aliphatic heterocycles. The fourth-order valence-corrected chi connectivity index (χ4v) is 10.9. The highest BCUT2D eigenvalue weighted by atomic mass is 32.2. The molecule has 0 N–H and O–H groups in total. The molecular weight excluding hydrogens is 1000 g/mol. The molecule has 17 heteroatoms. The fourth-order valence-electron chi connectivity index (χ4n) is 8.92. The molecule has 0 spiro atoms. The Bertz CT molecular complexity index is 3210. The van der Waals surface area contributed by atoms with Crippen molar-refractivity contribution in [2.75, 3.05) is 20.4 Å². The van der Waals surface area contributed by atoms with Gasteiger partial charge in [0, 0.05) is 43.2 Å². The van der Waals surface area contributed by atoms with Crippen LogP contribution in [0.1, 0.15) is 81.2 Å². The number of aromatic nitrogens is 1. The zero-order valence-corrected chi connectivity index (χ0v) is 46.5. The predicted molar refractivity (Wildman–Crippen MR) is 286 cm³/mol. The van der Waals surface area contributed by atoms with Crippen LogP contribution in [-0.2, 0) is 48.2 Å². The second-order valence-corrected chi connectivity index (χ2v) is 23.5. The van der Waals surface area contributed by atoms with Gasteiger partial charge in [-0.05, 0) is 108 Å². The molecule has 3 heterocycles. The highest BCUT2D eigenvalue weighted by Gasteiger charge is 2.46. The smallest absolute Gasteiger partial charge is 0.411 e. The molecular formula is C56H65N3O10S4. The number of oxazole rings is 1. The Balaban J connectivity index is 0.000000184. The second kappa shape index (κ2) is 24.0. The third-order valence-electron chi connectivity index (χ3n) is 13.7. The molecule has 7 aromatic rings. The van der Waals surface area contributed by atoms with Crippen LogP contribution in [0.25, 0.3) is 11.1 Å². The van der Waals surface area contributed by atoms with E-state index in [1.54, 1.807) is 48.2 Å². The lowest BCUT2D eigenvalue weighted by Crippen LogP contribution is -2.31. The summed E-state index contributed by atoms with van der Waals surface area (Å²) in [6.07, 6.45) is 6.95. The largest absolute Gasteiger partial charge is 0.744 e. The average Bonchev–Trinajstić information content (AvgIpc) is 3.85. The topological polar surface area (TPSA) is 195 Å². The van der Waals surface area contributed by atoms with Gasteiger partial charge in [-0.25, -0.2) is 34.4 Å². The molecule has 2 unspecified atom stereocenters.